The van der Waals surface area contributed by atoms with Crippen molar-refractivity contribution in [1.29, 1.82) is 0 Å². The predicted octanol–water partition coefficient (Wildman–Crippen LogP) is 4.32. The molecule has 1 unspecified atom stereocenters. The number of amides is 1. The molecule has 3 rings (SSSR count). The minimum absolute atomic E-state index is 0.0459. The number of carbonyl (C=O) groups is 2. The molecule has 18 heteroatoms. The summed E-state index contributed by atoms with van der Waals surface area (Å²) >= 11 is 0. The van der Waals surface area contributed by atoms with Gasteiger partial charge in [0.1, 0.15) is 0 Å². The van der Waals surface area contributed by atoms with Gasteiger partial charge < -0.3 is 14.7 Å². The fraction of sp³-hybridized carbons (Fsp3) is 0.346. The number of hydrogen-bond donors (Lipinski definition) is 1. The van der Waals surface area contributed by atoms with E-state index in [2.05, 4.69) is 19.8 Å². The molecule has 0 saturated carbocycles. The van der Waals surface area contributed by atoms with Gasteiger partial charge in [0, 0.05) is 12.5 Å². The largest absolute Gasteiger partial charge is 0.569 e. The second kappa shape index (κ2) is 14.1. The van der Waals surface area contributed by atoms with E-state index in [-0.39, 0.29) is 34.4 Å². The average Bonchev–Trinajstić information content (AvgIpc) is 3.41. The number of sulfonamides is 1. The topological polar surface area (TPSA) is 167 Å². The van der Waals surface area contributed by atoms with Crippen LogP contribution in [0.25, 0.3) is 16.9 Å². The number of alkyl halides is 3. The van der Waals surface area contributed by atoms with E-state index in [4.69, 9.17) is 4.84 Å². The van der Waals surface area contributed by atoms with Crippen LogP contribution >= 0.6 is 0 Å². The van der Waals surface area contributed by atoms with Crippen LogP contribution in [0.3, 0.4) is 0 Å². The number of ether oxygens (including phenoxy) is 2. The number of aryl methyl sites for hydroxylation is 1. The Balaban J connectivity index is 1.74. The average molecular weight is 643 g/mol. The first-order valence-corrected chi connectivity index (χ1v) is 14.5. The molecule has 3 aromatic rings. The molecule has 0 aliphatic rings. The summed E-state index contributed by atoms with van der Waals surface area (Å²) in [6.07, 6.45) is -7.09. The normalized spacial score (nSPS) is 12.8. The smallest absolute Gasteiger partial charge is 0.511 e. The van der Waals surface area contributed by atoms with E-state index in [1.165, 1.54) is 26.0 Å². The van der Waals surface area contributed by atoms with Crippen LogP contribution in [0.1, 0.15) is 32.0 Å². The molecule has 0 bridgehead atoms. The zero-order valence-corrected chi connectivity index (χ0v) is 24.8. The van der Waals surface area contributed by atoms with Crippen molar-refractivity contribution in [1.82, 2.24) is 19.5 Å². The summed E-state index contributed by atoms with van der Waals surface area (Å²) in [5, 5.41) is 19.8. The number of nitrogens with zero attached hydrogens (tertiary/aromatic N) is 5. The molecule has 2 aromatic carbocycles. The van der Waals surface area contributed by atoms with Gasteiger partial charge in [0.25, 0.3) is 22.2 Å². The van der Waals surface area contributed by atoms with Gasteiger partial charge in [0.2, 0.25) is 5.28 Å². The van der Waals surface area contributed by atoms with Gasteiger partial charge in [-0.3, -0.25) is 9.63 Å². The highest BCUT2D eigenvalue weighted by molar-refractivity contribution is 7.90. The van der Waals surface area contributed by atoms with E-state index < -0.39 is 46.8 Å². The van der Waals surface area contributed by atoms with E-state index in [0.717, 1.165) is 33.5 Å². The number of likely N-dealkylation sites (N-methyl/N-ethyl adjacent to an activating group) is 1. The first-order valence-electron chi connectivity index (χ1n) is 13.0. The van der Waals surface area contributed by atoms with Gasteiger partial charge in [-0.15, -0.1) is 5.01 Å². The molecule has 1 heterocycles. The zero-order valence-electron chi connectivity index (χ0n) is 23.9. The first-order chi connectivity index (χ1) is 20.6. The highest BCUT2D eigenvalue weighted by atomic mass is 32.2. The molecular formula is C26H29F3N6O8S. The Morgan fingerprint density at radius 2 is 1.77 bits per heavy atom. The zero-order chi connectivity index (χ0) is 32.7. The number of aromatic nitrogens is 2. The number of nitrogens with one attached hydrogen (secondary N) is 1. The lowest BCUT2D eigenvalue weighted by molar-refractivity contribution is -0.710. The number of hydrazine groups is 1. The van der Waals surface area contributed by atoms with E-state index in [1.807, 2.05) is 11.6 Å². The molecule has 44 heavy (non-hydrogen) atoms. The fourth-order valence-electron chi connectivity index (χ4n) is 3.58. The molecule has 1 amide bonds. The van der Waals surface area contributed by atoms with Crippen LogP contribution in [-0.2, 0) is 35.3 Å². The molecule has 0 fully saturated rings. The van der Waals surface area contributed by atoms with Crippen molar-refractivity contribution in [2.75, 3.05) is 19.7 Å². The summed E-state index contributed by atoms with van der Waals surface area (Å²) in [4.78, 5) is 28.0. The summed E-state index contributed by atoms with van der Waals surface area (Å²) in [6.45, 7) is 5.29. The van der Waals surface area contributed by atoms with Crippen LogP contribution in [0.4, 0.5) is 18.0 Å². The van der Waals surface area contributed by atoms with Crippen molar-refractivity contribution in [3.8, 4) is 16.9 Å². The number of hydrogen-bond acceptors (Lipinski definition) is 10. The molecule has 14 nitrogen and oxygen atoms in total. The minimum atomic E-state index is -4.72. The molecule has 0 spiro atoms. The van der Waals surface area contributed by atoms with Gasteiger partial charge >= 0.3 is 12.3 Å². The number of carbonyl (C=O) groups excluding carboxylic acids is 2. The van der Waals surface area contributed by atoms with Gasteiger partial charge in [-0.05, 0) is 51.1 Å². The monoisotopic (exact) mass is 642 g/mol. The third-order valence-corrected chi connectivity index (χ3v) is 7.10. The van der Waals surface area contributed by atoms with Crippen LogP contribution in [0.15, 0.2) is 64.8 Å². The summed E-state index contributed by atoms with van der Waals surface area (Å²) < 4.78 is 78.2. The molecule has 0 saturated heterocycles. The van der Waals surface area contributed by atoms with Gasteiger partial charge in [0.05, 0.1) is 34.4 Å². The van der Waals surface area contributed by atoms with Crippen molar-refractivity contribution < 1.29 is 50.5 Å². The molecular weight excluding hydrogens is 613 g/mol. The summed E-state index contributed by atoms with van der Waals surface area (Å²) in [5.74, 6) is -1.11. The van der Waals surface area contributed by atoms with E-state index in [9.17, 15) is 36.4 Å². The highest BCUT2D eigenvalue weighted by Crippen LogP contribution is 2.33. The van der Waals surface area contributed by atoms with Crippen molar-refractivity contribution in [2.45, 2.75) is 45.1 Å². The Hall–Kier alpha value is -4.87. The molecule has 0 radical (unpaired) electrons. The lowest BCUT2D eigenvalue weighted by Crippen LogP contribution is -2.42. The van der Waals surface area contributed by atoms with Crippen molar-refractivity contribution >= 4 is 22.1 Å². The van der Waals surface area contributed by atoms with Crippen LogP contribution in [0.2, 0.25) is 0 Å². The molecule has 0 aliphatic carbocycles. The Morgan fingerprint density at radius 1 is 1.14 bits per heavy atom. The third-order valence-electron chi connectivity index (χ3n) is 5.71. The van der Waals surface area contributed by atoms with E-state index in [1.54, 1.807) is 31.2 Å². The Kier molecular flexibility index (Phi) is 10.8. The van der Waals surface area contributed by atoms with Gasteiger partial charge in [-0.1, -0.05) is 29.8 Å². The van der Waals surface area contributed by atoms with Crippen molar-refractivity contribution in [2.24, 2.45) is 5.28 Å². The predicted molar refractivity (Wildman–Crippen MR) is 146 cm³/mol. The van der Waals surface area contributed by atoms with Crippen LogP contribution in [-0.4, -0.2) is 66.2 Å². The maximum Gasteiger partial charge on any atom is 0.511 e. The van der Waals surface area contributed by atoms with Gasteiger partial charge in [0.15, 0.2) is 12.2 Å². The maximum absolute atomic E-state index is 13.5. The molecule has 1 N–H and O–H groups in total. The van der Waals surface area contributed by atoms with Gasteiger partial charge in [-0.2, -0.15) is 18.3 Å². The fourth-order valence-corrected chi connectivity index (χ4v) is 4.56. The van der Waals surface area contributed by atoms with Crippen LogP contribution < -0.4 is 4.72 Å². The SMILES string of the molecule is CCOC(=O)OC(C)ON=[N+]([O-])N(CC)CC(=O)NS(=O)(=O)c1ccc(-n2nc(C(F)(F)F)cc2-c2ccc(C)cc2)cc1. The lowest BCUT2D eigenvalue weighted by Gasteiger charge is -2.16. The Bertz CT molecular complexity index is 1590. The maximum atomic E-state index is 13.5. The highest BCUT2D eigenvalue weighted by Gasteiger charge is 2.35. The van der Waals surface area contributed by atoms with Crippen molar-refractivity contribution in [3.63, 3.8) is 0 Å². The van der Waals surface area contributed by atoms with E-state index >= 15 is 0 Å². The second-order valence-corrected chi connectivity index (χ2v) is 10.7. The van der Waals surface area contributed by atoms with Crippen LogP contribution in [0, 0.1) is 12.1 Å². The van der Waals surface area contributed by atoms with Crippen LogP contribution in [0.5, 0.6) is 0 Å². The standard InChI is InChI=1S/C26H29F3N6O8S/c1-5-33(35(38)32-43-18(4)42-25(37)41-6-2)16-24(36)31-44(39,40)21-13-11-20(12-14-21)34-22(15-23(30-34)26(27,28)29)19-9-7-17(3)8-10-19/h7-15,18H,5-6,16H2,1-4H3,(H,31,36). The third kappa shape index (κ3) is 8.82. The lowest BCUT2D eigenvalue weighted by atomic mass is 10.1. The van der Waals surface area contributed by atoms with Gasteiger partial charge in [-0.25, -0.2) is 22.6 Å². The summed E-state index contributed by atoms with van der Waals surface area (Å²) in [5.41, 5.74) is 0.467. The quantitative estimate of drug-likeness (QED) is 0.0988. The number of benzene rings is 2. The summed E-state index contributed by atoms with van der Waals surface area (Å²) in [6, 6.07) is 12.3. The summed E-state index contributed by atoms with van der Waals surface area (Å²) in [7, 11) is -4.46. The molecule has 238 valence electrons. The van der Waals surface area contributed by atoms with Crippen molar-refractivity contribution in [3.05, 3.63) is 71.1 Å². The number of rotatable bonds is 12. The Labute approximate surface area is 250 Å². The molecule has 0 aliphatic heterocycles. The number of halogens is 3. The van der Waals surface area contributed by atoms with E-state index in [0.29, 0.717) is 5.56 Å². The second-order valence-electron chi connectivity index (χ2n) is 9.00. The molecule has 1 aromatic heterocycles. The molecule has 1 atom stereocenters. The minimum Gasteiger partial charge on any atom is -0.569 e. The first kappa shape index (κ1) is 33.6. The Morgan fingerprint density at radius 3 is 2.34 bits per heavy atom.